The Bertz CT molecular complexity index is 408. The number of furan rings is 1. The van der Waals surface area contributed by atoms with E-state index in [1.165, 1.54) is 6.26 Å². The summed E-state index contributed by atoms with van der Waals surface area (Å²) in [6, 6.07) is 2.92. The summed E-state index contributed by atoms with van der Waals surface area (Å²) in [7, 11) is 0. The summed E-state index contributed by atoms with van der Waals surface area (Å²) in [5, 5.41) is 5.56. The first-order valence-electron chi connectivity index (χ1n) is 6.31. The molecule has 1 aromatic heterocycles. The van der Waals surface area contributed by atoms with Crippen molar-refractivity contribution in [1.29, 1.82) is 0 Å². The number of carbonyl (C=O) groups excluding carboxylic acids is 2. The molecular weight excluding hydrogens is 232 g/mol. The van der Waals surface area contributed by atoms with Crippen molar-refractivity contribution in [3.8, 4) is 0 Å². The predicted octanol–water partition coefficient (Wildman–Crippen LogP) is 1.46. The summed E-state index contributed by atoms with van der Waals surface area (Å²) < 4.78 is 4.97. The number of carbonyl (C=O) groups is 2. The number of amides is 2. The molecule has 0 aromatic carbocycles. The van der Waals surface area contributed by atoms with Gasteiger partial charge in [0.15, 0.2) is 5.76 Å². The van der Waals surface area contributed by atoms with Crippen molar-refractivity contribution < 1.29 is 14.0 Å². The molecule has 1 aliphatic carbocycles. The van der Waals surface area contributed by atoms with Crippen LogP contribution in [-0.2, 0) is 4.79 Å². The van der Waals surface area contributed by atoms with Gasteiger partial charge >= 0.3 is 0 Å². The Morgan fingerprint density at radius 3 is 2.72 bits per heavy atom. The third-order valence-electron chi connectivity index (χ3n) is 3.19. The smallest absolute Gasteiger partial charge is 0.287 e. The van der Waals surface area contributed by atoms with E-state index in [0.717, 1.165) is 25.7 Å². The molecule has 0 bridgehead atoms. The molecule has 2 N–H and O–H groups in total. The zero-order chi connectivity index (χ0) is 13.0. The van der Waals surface area contributed by atoms with Gasteiger partial charge in [0.2, 0.25) is 5.91 Å². The summed E-state index contributed by atoms with van der Waals surface area (Å²) in [5.41, 5.74) is 0. The Hall–Kier alpha value is -1.78. The van der Waals surface area contributed by atoms with Gasteiger partial charge in [-0.25, -0.2) is 0 Å². The van der Waals surface area contributed by atoms with Crippen molar-refractivity contribution in [3.05, 3.63) is 24.2 Å². The van der Waals surface area contributed by atoms with Crippen molar-refractivity contribution >= 4 is 11.8 Å². The highest BCUT2D eigenvalue weighted by Gasteiger charge is 2.22. The molecular formula is C13H18N2O3. The molecule has 1 aliphatic rings. The molecule has 2 amide bonds. The summed E-state index contributed by atoms with van der Waals surface area (Å²) in [6.45, 7) is 1.67. The molecule has 1 unspecified atom stereocenters. The zero-order valence-corrected chi connectivity index (χ0v) is 10.4. The lowest BCUT2D eigenvalue weighted by Gasteiger charge is -2.17. The molecule has 1 heterocycles. The Morgan fingerprint density at radius 2 is 2.11 bits per heavy atom. The van der Waals surface area contributed by atoms with Crippen LogP contribution in [0.5, 0.6) is 0 Å². The summed E-state index contributed by atoms with van der Waals surface area (Å²) in [4.78, 5) is 23.5. The van der Waals surface area contributed by atoms with E-state index in [2.05, 4.69) is 10.6 Å². The molecule has 0 saturated heterocycles. The molecule has 98 valence electrons. The second kappa shape index (κ2) is 5.71. The van der Waals surface area contributed by atoms with E-state index in [1.54, 1.807) is 19.1 Å². The fourth-order valence-corrected chi connectivity index (χ4v) is 2.14. The second-order valence-electron chi connectivity index (χ2n) is 4.66. The molecule has 5 heteroatoms. The van der Waals surface area contributed by atoms with Crippen LogP contribution in [0.15, 0.2) is 22.8 Å². The van der Waals surface area contributed by atoms with Crippen molar-refractivity contribution in [2.45, 2.75) is 44.7 Å². The average Bonchev–Trinajstić information content (AvgIpc) is 3.01. The third-order valence-corrected chi connectivity index (χ3v) is 3.19. The predicted molar refractivity (Wildman–Crippen MR) is 66.0 cm³/mol. The van der Waals surface area contributed by atoms with Gasteiger partial charge in [-0.15, -0.1) is 0 Å². The highest BCUT2D eigenvalue weighted by atomic mass is 16.3. The van der Waals surface area contributed by atoms with Gasteiger partial charge in [-0.2, -0.15) is 0 Å². The Kier molecular flexibility index (Phi) is 4.02. The minimum Gasteiger partial charge on any atom is -0.459 e. The maximum atomic E-state index is 11.8. The van der Waals surface area contributed by atoms with Crippen LogP contribution in [0.3, 0.4) is 0 Å². The van der Waals surface area contributed by atoms with Gasteiger partial charge in [-0.05, 0) is 31.9 Å². The van der Waals surface area contributed by atoms with Crippen molar-refractivity contribution in [1.82, 2.24) is 10.6 Å². The topological polar surface area (TPSA) is 71.3 Å². The van der Waals surface area contributed by atoms with Crippen LogP contribution in [0.25, 0.3) is 0 Å². The number of nitrogens with one attached hydrogen (secondary N) is 2. The normalized spacial score (nSPS) is 17.4. The molecule has 1 atom stereocenters. The number of rotatable bonds is 4. The lowest BCUT2D eigenvalue weighted by atomic mass is 10.2. The van der Waals surface area contributed by atoms with E-state index in [0.29, 0.717) is 0 Å². The minimum absolute atomic E-state index is 0.137. The van der Waals surface area contributed by atoms with Crippen molar-refractivity contribution in [2.75, 3.05) is 0 Å². The van der Waals surface area contributed by atoms with Gasteiger partial charge < -0.3 is 15.1 Å². The van der Waals surface area contributed by atoms with E-state index < -0.39 is 6.04 Å². The minimum atomic E-state index is -0.553. The van der Waals surface area contributed by atoms with Crippen LogP contribution < -0.4 is 10.6 Å². The van der Waals surface area contributed by atoms with Crippen LogP contribution in [0.4, 0.5) is 0 Å². The van der Waals surface area contributed by atoms with Crippen LogP contribution >= 0.6 is 0 Å². The largest absolute Gasteiger partial charge is 0.459 e. The lowest BCUT2D eigenvalue weighted by molar-refractivity contribution is -0.123. The fraction of sp³-hybridized carbons (Fsp3) is 0.538. The lowest BCUT2D eigenvalue weighted by Crippen LogP contribution is -2.47. The Morgan fingerprint density at radius 1 is 1.39 bits per heavy atom. The molecule has 1 fully saturated rings. The van der Waals surface area contributed by atoms with Gasteiger partial charge in [0, 0.05) is 6.04 Å². The summed E-state index contributed by atoms with van der Waals surface area (Å²) in [5.74, 6) is -0.286. The Balaban J connectivity index is 1.81. The highest BCUT2D eigenvalue weighted by Crippen LogP contribution is 2.17. The van der Waals surface area contributed by atoms with Crippen LogP contribution in [0, 0.1) is 0 Å². The summed E-state index contributed by atoms with van der Waals surface area (Å²) in [6.07, 6.45) is 5.82. The highest BCUT2D eigenvalue weighted by molar-refractivity contribution is 5.95. The van der Waals surface area contributed by atoms with Crippen LogP contribution in [-0.4, -0.2) is 23.9 Å². The first-order valence-corrected chi connectivity index (χ1v) is 6.31. The maximum absolute atomic E-state index is 11.8. The Labute approximate surface area is 106 Å². The first kappa shape index (κ1) is 12.7. The van der Waals surface area contributed by atoms with Gasteiger partial charge in [-0.1, -0.05) is 12.8 Å². The van der Waals surface area contributed by atoms with Gasteiger partial charge in [0.1, 0.15) is 6.04 Å². The third kappa shape index (κ3) is 3.12. The van der Waals surface area contributed by atoms with Gasteiger partial charge in [-0.3, -0.25) is 9.59 Å². The molecule has 0 radical (unpaired) electrons. The average molecular weight is 250 g/mol. The van der Waals surface area contributed by atoms with Gasteiger partial charge in [0.05, 0.1) is 6.26 Å². The number of hydrogen-bond donors (Lipinski definition) is 2. The van der Waals surface area contributed by atoms with E-state index in [9.17, 15) is 9.59 Å². The summed E-state index contributed by atoms with van der Waals surface area (Å²) >= 11 is 0. The number of hydrogen-bond acceptors (Lipinski definition) is 3. The zero-order valence-electron chi connectivity index (χ0n) is 10.4. The van der Waals surface area contributed by atoms with E-state index >= 15 is 0 Å². The van der Waals surface area contributed by atoms with E-state index in [1.807, 2.05) is 0 Å². The molecule has 5 nitrogen and oxygen atoms in total. The fourth-order valence-electron chi connectivity index (χ4n) is 2.14. The van der Waals surface area contributed by atoms with E-state index in [-0.39, 0.29) is 23.6 Å². The molecule has 18 heavy (non-hydrogen) atoms. The van der Waals surface area contributed by atoms with Crippen LogP contribution in [0.1, 0.15) is 43.2 Å². The molecule has 1 saturated carbocycles. The van der Waals surface area contributed by atoms with Crippen LogP contribution in [0.2, 0.25) is 0 Å². The van der Waals surface area contributed by atoms with Crippen molar-refractivity contribution in [2.24, 2.45) is 0 Å². The molecule has 1 aromatic rings. The SMILES string of the molecule is CC(NC(=O)c1ccco1)C(=O)NC1CCCC1. The van der Waals surface area contributed by atoms with E-state index in [4.69, 9.17) is 4.42 Å². The van der Waals surface area contributed by atoms with Crippen molar-refractivity contribution in [3.63, 3.8) is 0 Å². The quantitative estimate of drug-likeness (QED) is 0.849. The monoisotopic (exact) mass is 250 g/mol. The molecule has 0 spiro atoms. The maximum Gasteiger partial charge on any atom is 0.287 e. The molecule has 0 aliphatic heterocycles. The first-order chi connectivity index (χ1) is 8.66. The van der Waals surface area contributed by atoms with Gasteiger partial charge in [0.25, 0.3) is 5.91 Å². The standard InChI is InChI=1S/C13H18N2O3/c1-9(12(16)15-10-5-2-3-6-10)14-13(17)11-7-4-8-18-11/h4,7-10H,2-3,5-6H2,1H3,(H,14,17)(H,15,16). The molecule has 2 rings (SSSR count). The second-order valence-corrected chi connectivity index (χ2v) is 4.66.